The molecular weight excluding hydrogens is 330 g/mol. The summed E-state index contributed by atoms with van der Waals surface area (Å²) in [7, 11) is 0. The molecule has 4 rings (SSSR count). The van der Waals surface area contributed by atoms with E-state index in [4.69, 9.17) is 0 Å². The van der Waals surface area contributed by atoms with E-state index in [0.29, 0.717) is 0 Å². The Hall–Kier alpha value is -2.49. The highest BCUT2D eigenvalue weighted by atomic mass is 15.3. The maximum Gasteiger partial charge on any atom is 0.0701 e. The summed E-state index contributed by atoms with van der Waals surface area (Å²) < 4.78 is 0. The lowest BCUT2D eigenvalue weighted by Gasteiger charge is -2.35. The summed E-state index contributed by atoms with van der Waals surface area (Å²) in [5.74, 6) is 0. The molecular formula is C24H27N3. The Labute approximate surface area is 162 Å². The van der Waals surface area contributed by atoms with E-state index in [1.54, 1.807) is 0 Å². The van der Waals surface area contributed by atoms with Gasteiger partial charge in [-0.25, -0.2) is 0 Å². The zero-order valence-corrected chi connectivity index (χ0v) is 16.0. The summed E-state index contributed by atoms with van der Waals surface area (Å²) in [6.07, 6.45) is 1.85. The van der Waals surface area contributed by atoms with E-state index < -0.39 is 0 Å². The Bertz CT molecular complexity index is 850. The van der Waals surface area contributed by atoms with Crippen LogP contribution in [-0.4, -0.2) is 41.0 Å². The van der Waals surface area contributed by atoms with Gasteiger partial charge in [-0.05, 0) is 35.7 Å². The molecule has 2 heterocycles. The Kier molecular flexibility index (Phi) is 5.61. The van der Waals surface area contributed by atoms with Crippen LogP contribution in [-0.2, 0) is 13.1 Å². The minimum Gasteiger partial charge on any atom is -0.297 e. The van der Waals surface area contributed by atoms with Crippen LogP contribution in [0.3, 0.4) is 0 Å². The molecule has 138 valence electrons. The topological polar surface area (TPSA) is 19.4 Å². The molecule has 0 aliphatic carbocycles. The van der Waals surface area contributed by atoms with Crippen LogP contribution in [0.2, 0.25) is 0 Å². The number of hydrogen-bond donors (Lipinski definition) is 0. The van der Waals surface area contributed by atoms with Crippen LogP contribution in [0.5, 0.6) is 0 Å². The van der Waals surface area contributed by atoms with E-state index >= 15 is 0 Å². The van der Waals surface area contributed by atoms with Gasteiger partial charge in [-0.1, -0.05) is 54.6 Å². The van der Waals surface area contributed by atoms with E-state index in [2.05, 4.69) is 76.3 Å². The zero-order chi connectivity index (χ0) is 18.5. The molecule has 27 heavy (non-hydrogen) atoms. The van der Waals surface area contributed by atoms with Crippen LogP contribution in [0, 0.1) is 6.92 Å². The summed E-state index contributed by atoms with van der Waals surface area (Å²) >= 11 is 0. The predicted molar refractivity (Wildman–Crippen MR) is 111 cm³/mol. The summed E-state index contributed by atoms with van der Waals surface area (Å²) in [6.45, 7) is 8.85. The van der Waals surface area contributed by atoms with Crippen LogP contribution in [0.1, 0.15) is 16.7 Å². The number of benzene rings is 2. The molecule has 0 amide bonds. The average Bonchev–Trinajstić information content (AvgIpc) is 2.72. The van der Waals surface area contributed by atoms with Gasteiger partial charge in [0, 0.05) is 51.0 Å². The van der Waals surface area contributed by atoms with Gasteiger partial charge in [-0.3, -0.25) is 14.8 Å². The quantitative estimate of drug-likeness (QED) is 0.676. The summed E-state index contributed by atoms with van der Waals surface area (Å²) in [6, 6.07) is 23.6. The minimum atomic E-state index is 1.03. The van der Waals surface area contributed by atoms with Crippen LogP contribution in [0.15, 0.2) is 72.9 Å². The molecule has 0 N–H and O–H groups in total. The molecule has 0 atom stereocenters. The van der Waals surface area contributed by atoms with Gasteiger partial charge in [-0.15, -0.1) is 0 Å². The van der Waals surface area contributed by atoms with Gasteiger partial charge in [-0.2, -0.15) is 0 Å². The molecule has 3 aromatic rings. The van der Waals surface area contributed by atoms with Crippen molar-refractivity contribution in [3.63, 3.8) is 0 Å². The van der Waals surface area contributed by atoms with Crippen molar-refractivity contribution in [1.29, 1.82) is 0 Å². The molecule has 1 aliphatic rings. The molecule has 0 unspecified atom stereocenters. The molecule has 1 saturated heterocycles. The van der Waals surface area contributed by atoms with Crippen molar-refractivity contribution < 1.29 is 0 Å². The molecule has 0 saturated carbocycles. The van der Waals surface area contributed by atoms with E-state index in [0.717, 1.165) is 45.0 Å². The molecule has 1 aromatic heterocycles. The first-order chi connectivity index (χ1) is 13.3. The van der Waals surface area contributed by atoms with Gasteiger partial charge < -0.3 is 0 Å². The summed E-state index contributed by atoms with van der Waals surface area (Å²) in [5, 5.41) is 0. The second kappa shape index (κ2) is 8.47. The van der Waals surface area contributed by atoms with Crippen molar-refractivity contribution in [3.05, 3.63) is 89.6 Å². The normalized spacial score (nSPS) is 15.7. The number of hydrogen-bond acceptors (Lipinski definition) is 3. The lowest BCUT2D eigenvalue weighted by atomic mass is 10.1. The molecule has 3 nitrogen and oxygen atoms in total. The van der Waals surface area contributed by atoms with Crippen LogP contribution in [0.25, 0.3) is 11.3 Å². The smallest absolute Gasteiger partial charge is 0.0701 e. The highest BCUT2D eigenvalue weighted by molar-refractivity contribution is 5.58. The molecule has 0 bridgehead atoms. The van der Waals surface area contributed by atoms with Gasteiger partial charge in [0.2, 0.25) is 0 Å². The fourth-order valence-corrected chi connectivity index (χ4v) is 3.71. The molecule has 1 aliphatic heterocycles. The van der Waals surface area contributed by atoms with Gasteiger partial charge in [0.05, 0.1) is 5.69 Å². The Balaban J connectivity index is 1.30. The maximum atomic E-state index is 4.43. The fourth-order valence-electron chi connectivity index (χ4n) is 3.71. The fraction of sp³-hybridized carbons (Fsp3) is 0.292. The predicted octanol–water partition coefficient (Wildman–Crippen LogP) is 4.37. The number of aryl methyl sites for hydroxylation is 1. The van der Waals surface area contributed by atoms with Crippen molar-refractivity contribution in [2.45, 2.75) is 20.0 Å². The van der Waals surface area contributed by atoms with Crippen molar-refractivity contribution in [1.82, 2.24) is 14.8 Å². The van der Waals surface area contributed by atoms with Crippen molar-refractivity contribution >= 4 is 0 Å². The van der Waals surface area contributed by atoms with Gasteiger partial charge in [0.1, 0.15) is 0 Å². The second-order valence-electron chi connectivity index (χ2n) is 7.39. The highest BCUT2D eigenvalue weighted by Crippen LogP contribution is 2.18. The first-order valence-corrected chi connectivity index (χ1v) is 9.77. The number of pyridine rings is 1. The number of piperazine rings is 1. The van der Waals surface area contributed by atoms with Crippen molar-refractivity contribution in [2.75, 3.05) is 26.2 Å². The Morgan fingerprint density at radius 2 is 1.41 bits per heavy atom. The monoisotopic (exact) mass is 357 g/mol. The molecule has 0 spiro atoms. The van der Waals surface area contributed by atoms with E-state index in [1.165, 1.54) is 22.3 Å². The maximum absolute atomic E-state index is 4.43. The molecule has 0 radical (unpaired) electrons. The Morgan fingerprint density at radius 1 is 0.741 bits per heavy atom. The van der Waals surface area contributed by atoms with E-state index in [-0.39, 0.29) is 0 Å². The SMILES string of the molecule is Cc1ccccc1CN1CCN(Cc2ccc(-c3ccccn3)cc2)CC1. The first kappa shape index (κ1) is 17.9. The van der Waals surface area contributed by atoms with Gasteiger partial charge in [0.25, 0.3) is 0 Å². The highest BCUT2D eigenvalue weighted by Gasteiger charge is 2.17. The lowest BCUT2D eigenvalue weighted by Crippen LogP contribution is -2.45. The van der Waals surface area contributed by atoms with E-state index in [9.17, 15) is 0 Å². The third kappa shape index (κ3) is 4.62. The molecule has 2 aromatic carbocycles. The molecule has 1 fully saturated rings. The van der Waals surface area contributed by atoms with Gasteiger partial charge >= 0.3 is 0 Å². The first-order valence-electron chi connectivity index (χ1n) is 9.77. The van der Waals surface area contributed by atoms with Crippen LogP contribution >= 0.6 is 0 Å². The lowest BCUT2D eigenvalue weighted by molar-refractivity contribution is 0.122. The Morgan fingerprint density at radius 3 is 2.07 bits per heavy atom. The number of aromatic nitrogens is 1. The van der Waals surface area contributed by atoms with E-state index in [1.807, 2.05) is 18.3 Å². The summed E-state index contributed by atoms with van der Waals surface area (Å²) in [4.78, 5) is 9.56. The zero-order valence-electron chi connectivity index (χ0n) is 16.0. The number of nitrogens with zero attached hydrogens (tertiary/aromatic N) is 3. The van der Waals surface area contributed by atoms with Crippen LogP contribution in [0.4, 0.5) is 0 Å². The molecule has 3 heteroatoms. The average molecular weight is 358 g/mol. The standard InChI is InChI=1S/C24H27N3/c1-20-6-2-3-7-23(20)19-27-16-14-26(15-17-27)18-21-9-11-22(12-10-21)24-8-4-5-13-25-24/h2-13H,14-19H2,1H3. The van der Waals surface area contributed by atoms with Crippen LogP contribution < -0.4 is 0 Å². The number of rotatable bonds is 5. The third-order valence-corrected chi connectivity index (χ3v) is 5.44. The summed E-state index contributed by atoms with van der Waals surface area (Å²) in [5.41, 5.74) is 6.45. The largest absolute Gasteiger partial charge is 0.297 e. The third-order valence-electron chi connectivity index (χ3n) is 5.44. The van der Waals surface area contributed by atoms with Crippen molar-refractivity contribution in [3.8, 4) is 11.3 Å². The second-order valence-corrected chi connectivity index (χ2v) is 7.39. The minimum absolute atomic E-state index is 1.03. The van der Waals surface area contributed by atoms with Gasteiger partial charge in [0.15, 0.2) is 0 Å². The van der Waals surface area contributed by atoms with Crippen molar-refractivity contribution in [2.24, 2.45) is 0 Å².